The van der Waals surface area contributed by atoms with Crippen LogP contribution < -0.4 is 9.50 Å². The number of nitrogens with zero attached hydrogens (tertiary/aromatic N) is 1. The Bertz CT molecular complexity index is 1080. The summed E-state index contributed by atoms with van der Waals surface area (Å²) in [6, 6.07) is 17.4. The zero-order valence-corrected chi connectivity index (χ0v) is 17.0. The van der Waals surface area contributed by atoms with Crippen molar-refractivity contribution in [1.82, 2.24) is 4.90 Å². The van der Waals surface area contributed by atoms with Crippen molar-refractivity contribution >= 4 is 21.8 Å². The second-order valence-corrected chi connectivity index (χ2v) is 8.24. The number of urea groups is 1. The summed E-state index contributed by atoms with van der Waals surface area (Å²) in [6.45, 7) is 2.44. The maximum absolute atomic E-state index is 12.9. The highest BCUT2D eigenvalue weighted by Gasteiger charge is 2.17. The second-order valence-electron chi connectivity index (χ2n) is 6.67. The fraction of sp³-hybridized carbons (Fsp3) is 0.190. The van der Waals surface area contributed by atoms with Crippen molar-refractivity contribution in [2.75, 3.05) is 11.6 Å². The number of hydrogen-bond donors (Lipinski definition) is 1. The molecule has 0 spiro atoms. The van der Waals surface area contributed by atoms with Crippen molar-refractivity contribution in [2.24, 2.45) is 0 Å². The van der Waals surface area contributed by atoms with E-state index < -0.39 is 10.1 Å². The average molecular weight is 414 g/mol. The fourth-order valence-corrected chi connectivity index (χ4v) is 3.26. The van der Waals surface area contributed by atoms with Crippen molar-refractivity contribution in [3.8, 4) is 5.75 Å². The normalized spacial score (nSPS) is 11.1. The molecule has 29 heavy (non-hydrogen) atoms. The van der Waals surface area contributed by atoms with Crippen LogP contribution in [0.15, 0.2) is 71.3 Å². The van der Waals surface area contributed by atoms with Gasteiger partial charge < -0.3 is 18.8 Å². The molecule has 152 valence electrons. The van der Waals surface area contributed by atoms with Gasteiger partial charge in [-0.05, 0) is 54.4 Å². The molecule has 0 radical (unpaired) electrons. The van der Waals surface area contributed by atoms with E-state index in [1.807, 2.05) is 31.2 Å². The van der Waals surface area contributed by atoms with E-state index in [1.165, 1.54) is 0 Å². The molecule has 0 fully saturated rings. The molecule has 8 heteroatoms. The summed E-state index contributed by atoms with van der Waals surface area (Å²) in [7, 11) is -3.63. The van der Waals surface area contributed by atoms with E-state index in [9.17, 15) is 13.2 Å². The summed E-state index contributed by atoms with van der Waals surface area (Å²) in [5, 5.41) is 2.89. The standard InChI is InChI=1S/C21H22N2O5S/c1-16-6-3-8-18(12-16)22-21(24)23(15-20-10-5-11-27-20)14-17-7-4-9-19(13-17)28-29(2,25)26/h3-13H,14-15H2,1-2H3,(H,22,24). The van der Waals surface area contributed by atoms with Gasteiger partial charge in [-0.1, -0.05) is 24.3 Å². The Hall–Kier alpha value is -3.26. The van der Waals surface area contributed by atoms with Crippen LogP contribution in [0.4, 0.5) is 10.5 Å². The fourth-order valence-electron chi connectivity index (χ4n) is 2.81. The van der Waals surface area contributed by atoms with Gasteiger partial charge in [-0.3, -0.25) is 0 Å². The van der Waals surface area contributed by atoms with E-state index in [-0.39, 0.29) is 24.9 Å². The Kier molecular flexibility index (Phi) is 6.23. The molecule has 2 aromatic carbocycles. The topological polar surface area (TPSA) is 88.9 Å². The molecule has 3 aromatic rings. The highest BCUT2D eigenvalue weighted by Crippen LogP contribution is 2.19. The van der Waals surface area contributed by atoms with E-state index in [0.29, 0.717) is 11.4 Å². The summed E-state index contributed by atoms with van der Waals surface area (Å²) in [5.41, 5.74) is 2.44. The van der Waals surface area contributed by atoms with Gasteiger partial charge in [-0.25, -0.2) is 4.79 Å². The molecule has 0 bridgehead atoms. The number of aryl methyl sites for hydroxylation is 1. The highest BCUT2D eigenvalue weighted by atomic mass is 32.2. The largest absolute Gasteiger partial charge is 0.467 e. The van der Waals surface area contributed by atoms with E-state index in [2.05, 4.69) is 5.32 Å². The summed E-state index contributed by atoms with van der Waals surface area (Å²) in [6.07, 6.45) is 2.53. The monoisotopic (exact) mass is 414 g/mol. The molecule has 0 aliphatic heterocycles. The lowest BCUT2D eigenvalue weighted by molar-refractivity contribution is 0.201. The molecular formula is C21H22N2O5S. The first-order valence-electron chi connectivity index (χ1n) is 8.92. The molecule has 0 aliphatic carbocycles. The molecule has 0 aliphatic rings. The van der Waals surface area contributed by atoms with Gasteiger partial charge >= 0.3 is 16.1 Å². The maximum atomic E-state index is 12.9. The minimum Gasteiger partial charge on any atom is -0.467 e. The Balaban J connectivity index is 1.80. The van der Waals surface area contributed by atoms with Gasteiger partial charge in [0.1, 0.15) is 11.5 Å². The molecule has 1 heterocycles. The Morgan fingerprint density at radius 2 is 1.86 bits per heavy atom. The maximum Gasteiger partial charge on any atom is 0.322 e. The van der Waals surface area contributed by atoms with Crippen LogP contribution in [0.3, 0.4) is 0 Å². The highest BCUT2D eigenvalue weighted by molar-refractivity contribution is 7.86. The van der Waals surface area contributed by atoms with Gasteiger partial charge in [0.2, 0.25) is 0 Å². The van der Waals surface area contributed by atoms with E-state index in [1.54, 1.807) is 47.6 Å². The number of carbonyl (C=O) groups is 1. The van der Waals surface area contributed by atoms with Crippen molar-refractivity contribution in [1.29, 1.82) is 0 Å². The van der Waals surface area contributed by atoms with Crippen molar-refractivity contribution in [3.63, 3.8) is 0 Å². The minimum atomic E-state index is -3.63. The van der Waals surface area contributed by atoms with Crippen molar-refractivity contribution in [2.45, 2.75) is 20.0 Å². The van der Waals surface area contributed by atoms with Crippen LogP contribution in [0, 0.1) is 6.92 Å². The molecule has 0 unspecified atom stereocenters. The lowest BCUT2D eigenvalue weighted by atomic mass is 10.2. The zero-order valence-electron chi connectivity index (χ0n) is 16.2. The van der Waals surface area contributed by atoms with Crippen LogP contribution in [0.25, 0.3) is 0 Å². The third-order valence-electron chi connectivity index (χ3n) is 4.00. The SMILES string of the molecule is Cc1cccc(NC(=O)N(Cc2cccc(OS(C)(=O)=O)c2)Cc2ccco2)c1. The Morgan fingerprint density at radius 3 is 2.55 bits per heavy atom. The van der Waals surface area contributed by atoms with Gasteiger partial charge in [0.05, 0.1) is 19.1 Å². The first-order valence-corrected chi connectivity index (χ1v) is 10.7. The number of nitrogens with one attached hydrogen (secondary N) is 1. The summed E-state index contributed by atoms with van der Waals surface area (Å²) in [4.78, 5) is 14.5. The molecule has 1 N–H and O–H groups in total. The third-order valence-corrected chi connectivity index (χ3v) is 4.50. The van der Waals surface area contributed by atoms with Gasteiger partial charge in [0.15, 0.2) is 0 Å². The predicted molar refractivity (Wildman–Crippen MR) is 110 cm³/mol. The van der Waals surface area contributed by atoms with Crippen LogP contribution in [0.2, 0.25) is 0 Å². The molecule has 2 amide bonds. The van der Waals surface area contributed by atoms with Gasteiger partial charge in [-0.2, -0.15) is 8.42 Å². The van der Waals surface area contributed by atoms with Crippen molar-refractivity contribution < 1.29 is 21.8 Å². The number of anilines is 1. The van der Waals surface area contributed by atoms with E-state index in [4.69, 9.17) is 8.60 Å². The molecule has 3 rings (SSSR count). The molecule has 1 aromatic heterocycles. The van der Waals surface area contributed by atoms with Crippen LogP contribution >= 0.6 is 0 Å². The molecule has 0 atom stereocenters. The first-order chi connectivity index (χ1) is 13.8. The van der Waals surface area contributed by atoms with Gasteiger partial charge in [0, 0.05) is 12.2 Å². The second kappa shape index (κ2) is 8.83. The quantitative estimate of drug-likeness (QED) is 0.587. The molecular weight excluding hydrogens is 392 g/mol. The zero-order chi connectivity index (χ0) is 20.9. The Labute approximate surface area is 170 Å². The van der Waals surface area contributed by atoms with Crippen molar-refractivity contribution in [3.05, 3.63) is 83.8 Å². The van der Waals surface area contributed by atoms with Crippen LogP contribution in [-0.4, -0.2) is 25.6 Å². The number of carbonyl (C=O) groups excluding carboxylic acids is 1. The molecule has 7 nitrogen and oxygen atoms in total. The summed E-state index contributed by atoms with van der Waals surface area (Å²) >= 11 is 0. The molecule has 0 saturated carbocycles. The lowest BCUT2D eigenvalue weighted by Crippen LogP contribution is -2.34. The lowest BCUT2D eigenvalue weighted by Gasteiger charge is -2.22. The predicted octanol–water partition coefficient (Wildman–Crippen LogP) is 4.16. The summed E-state index contributed by atoms with van der Waals surface area (Å²) in [5.74, 6) is 0.829. The van der Waals surface area contributed by atoms with E-state index >= 15 is 0 Å². The van der Waals surface area contributed by atoms with E-state index in [0.717, 1.165) is 17.4 Å². The Morgan fingerprint density at radius 1 is 1.07 bits per heavy atom. The third kappa shape index (κ3) is 6.39. The average Bonchev–Trinajstić information content (AvgIpc) is 3.13. The van der Waals surface area contributed by atoms with Gasteiger partial charge in [0.25, 0.3) is 0 Å². The first kappa shape index (κ1) is 20.5. The number of amides is 2. The molecule has 0 saturated heterocycles. The van der Waals surface area contributed by atoms with Crippen LogP contribution in [0.1, 0.15) is 16.9 Å². The number of furan rings is 1. The summed E-state index contributed by atoms with van der Waals surface area (Å²) < 4.78 is 33.1. The van der Waals surface area contributed by atoms with Gasteiger partial charge in [-0.15, -0.1) is 0 Å². The number of hydrogen-bond acceptors (Lipinski definition) is 5. The van der Waals surface area contributed by atoms with Crippen LogP contribution in [-0.2, 0) is 23.2 Å². The van der Waals surface area contributed by atoms with Crippen LogP contribution in [0.5, 0.6) is 5.75 Å². The minimum absolute atomic E-state index is 0.196. The smallest absolute Gasteiger partial charge is 0.322 e. The number of benzene rings is 2. The number of rotatable bonds is 7.